The third-order valence-electron chi connectivity index (χ3n) is 3.30. The van der Waals surface area contributed by atoms with Gasteiger partial charge in [0.15, 0.2) is 0 Å². The van der Waals surface area contributed by atoms with Crippen LogP contribution in [0.15, 0.2) is 36.4 Å². The molecule has 0 radical (unpaired) electrons. The molecule has 2 rings (SSSR count). The number of methoxy groups -OCH3 is 2. The number of ether oxygens (including phenoxy) is 2. The third-order valence-corrected chi connectivity index (χ3v) is 3.53. The van der Waals surface area contributed by atoms with Crippen molar-refractivity contribution in [3.05, 3.63) is 58.1 Å². The maximum atomic E-state index is 6.36. The fourth-order valence-corrected chi connectivity index (χ4v) is 2.40. The second-order valence-electron chi connectivity index (χ2n) is 4.62. The molecule has 0 aliphatic rings. The molecule has 1 unspecified atom stereocenters. The monoisotopic (exact) mass is 291 g/mol. The van der Waals surface area contributed by atoms with E-state index in [1.807, 2.05) is 43.3 Å². The highest BCUT2D eigenvalue weighted by molar-refractivity contribution is 6.30. The topological polar surface area (TPSA) is 44.5 Å². The van der Waals surface area contributed by atoms with Crippen LogP contribution in [0.4, 0.5) is 0 Å². The van der Waals surface area contributed by atoms with Crippen LogP contribution in [-0.4, -0.2) is 14.2 Å². The lowest BCUT2D eigenvalue weighted by atomic mass is 9.95. The molecule has 0 spiro atoms. The highest BCUT2D eigenvalue weighted by atomic mass is 35.5. The first kappa shape index (κ1) is 14.7. The summed E-state index contributed by atoms with van der Waals surface area (Å²) in [6.45, 7) is 2.00. The van der Waals surface area contributed by atoms with Gasteiger partial charge in [0.2, 0.25) is 0 Å². The predicted octanol–water partition coefficient (Wildman–Crippen LogP) is 3.71. The van der Waals surface area contributed by atoms with Gasteiger partial charge in [-0.05, 0) is 47.9 Å². The zero-order chi connectivity index (χ0) is 14.7. The Bertz CT molecular complexity index is 591. The van der Waals surface area contributed by atoms with Gasteiger partial charge >= 0.3 is 0 Å². The van der Waals surface area contributed by atoms with Gasteiger partial charge in [0, 0.05) is 11.1 Å². The molecule has 2 aromatic rings. The fraction of sp³-hybridized carbons (Fsp3) is 0.250. The molecule has 0 saturated carbocycles. The van der Waals surface area contributed by atoms with Crippen molar-refractivity contribution in [3.63, 3.8) is 0 Å². The number of hydrogen-bond acceptors (Lipinski definition) is 3. The van der Waals surface area contributed by atoms with Gasteiger partial charge in [-0.25, -0.2) is 0 Å². The Labute approximate surface area is 124 Å². The molecule has 0 fully saturated rings. The standard InChI is InChI=1S/C16H18ClNO2/c1-10-6-12(17)4-5-15(10)16(18)11-7-13(19-2)9-14(8-11)20-3/h4-9,16H,18H2,1-3H3. The van der Waals surface area contributed by atoms with E-state index in [-0.39, 0.29) is 6.04 Å². The number of aryl methyl sites for hydroxylation is 1. The van der Waals surface area contributed by atoms with Gasteiger partial charge in [0.1, 0.15) is 11.5 Å². The van der Waals surface area contributed by atoms with Gasteiger partial charge in [-0.3, -0.25) is 0 Å². The number of benzene rings is 2. The molecular weight excluding hydrogens is 274 g/mol. The van der Waals surface area contributed by atoms with E-state index in [0.717, 1.165) is 28.2 Å². The van der Waals surface area contributed by atoms with Gasteiger partial charge in [0.25, 0.3) is 0 Å². The van der Waals surface area contributed by atoms with Gasteiger partial charge < -0.3 is 15.2 Å². The molecule has 0 aliphatic heterocycles. The van der Waals surface area contributed by atoms with Crippen LogP contribution in [0.5, 0.6) is 11.5 Å². The quantitative estimate of drug-likeness (QED) is 0.934. The smallest absolute Gasteiger partial charge is 0.122 e. The Morgan fingerprint density at radius 2 is 1.60 bits per heavy atom. The minimum Gasteiger partial charge on any atom is -0.497 e. The van der Waals surface area contributed by atoms with Gasteiger partial charge in [-0.1, -0.05) is 17.7 Å². The molecule has 0 heterocycles. The van der Waals surface area contributed by atoms with Crippen molar-refractivity contribution in [2.75, 3.05) is 14.2 Å². The van der Waals surface area contributed by atoms with E-state index >= 15 is 0 Å². The van der Waals surface area contributed by atoms with Crippen molar-refractivity contribution in [1.82, 2.24) is 0 Å². The first-order valence-electron chi connectivity index (χ1n) is 6.29. The third kappa shape index (κ3) is 3.06. The van der Waals surface area contributed by atoms with E-state index in [1.54, 1.807) is 14.2 Å². The van der Waals surface area contributed by atoms with Crippen LogP contribution in [0.1, 0.15) is 22.7 Å². The van der Waals surface area contributed by atoms with Crippen LogP contribution in [-0.2, 0) is 0 Å². The van der Waals surface area contributed by atoms with Crippen LogP contribution in [0.25, 0.3) is 0 Å². The minimum atomic E-state index is -0.253. The van der Waals surface area contributed by atoms with E-state index in [0.29, 0.717) is 5.02 Å². The second kappa shape index (κ2) is 6.16. The summed E-state index contributed by atoms with van der Waals surface area (Å²) in [6.07, 6.45) is 0. The maximum Gasteiger partial charge on any atom is 0.122 e. The van der Waals surface area contributed by atoms with Crippen molar-refractivity contribution in [2.24, 2.45) is 5.73 Å². The molecule has 3 nitrogen and oxygen atoms in total. The summed E-state index contributed by atoms with van der Waals surface area (Å²) >= 11 is 5.98. The predicted molar refractivity (Wildman–Crippen MR) is 81.8 cm³/mol. The zero-order valence-corrected chi connectivity index (χ0v) is 12.6. The SMILES string of the molecule is COc1cc(OC)cc(C(N)c2ccc(Cl)cc2C)c1. The summed E-state index contributed by atoms with van der Waals surface area (Å²) in [5, 5.41) is 0.710. The first-order valence-corrected chi connectivity index (χ1v) is 6.67. The molecule has 1 atom stereocenters. The van der Waals surface area contributed by atoms with Crippen LogP contribution in [0.2, 0.25) is 5.02 Å². The van der Waals surface area contributed by atoms with Crippen molar-refractivity contribution >= 4 is 11.6 Å². The minimum absolute atomic E-state index is 0.253. The molecule has 0 aliphatic carbocycles. The normalized spacial score (nSPS) is 12.1. The van der Waals surface area contributed by atoms with Crippen molar-refractivity contribution in [2.45, 2.75) is 13.0 Å². The van der Waals surface area contributed by atoms with Gasteiger partial charge in [-0.15, -0.1) is 0 Å². The summed E-state index contributed by atoms with van der Waals surface area (Å²) in [5.41, 5.74) is 9.39. The Balaban J connectivity index is 2.44. The molecule has 0 saturated heterocycles. The fourth-order valence-electron chi connectivity index (χ4n) is 2.18. The number of nitrogens with two attached hydrogens (primary N) is 1. The lowest BCUT2D eigenvalue weighted by molar-refractivity contribution is 0.393. The second-order valence-corrected chi connectivity index (χ2v) is 5.06. The molecule has 2 aromatic carbocycles. The average Bonchev–Trinajstić information content (AvgIpc) is 2.46. The van der Waals surface area contributed by atoms with E-state index < -0.39 is 0 Å². The van der Waals surface area contributed by atoms with Crippen molar-refractivity contribution in [3.8, 4) is 11.5 Å². The van der Waals surface area contributed by atoms with Crippen LogP contribution in [0, 0.1) is 6.92 Å². The largest absolute Gasteiger partial charge is 0.497 e. The van der Waals surface area contributed by atoms with E-state index in [4.69, 9.17) is 26.8 Å². The highest BCUT2D eigenvalue weighted by Gasteiger charge is 2.14. The van der Waals surface area contributed by atoms with Crippen LogP contribution < -0.4 is 15.2 Å². The average molecular weight is 292 g/mol. The Morgan fingerprint density at radius 3 is 2.10 bits per heavy atom. The molecule has 2 N–H and O–H groups in total. The molecule has 4 heteroatoms. The summed E-state index contributed by atoms with van der Waals surface area (Å²) in [5.74, 6) is 1.45. The molecule has 0 bridgehead atoms. The summed E-state index contributed by atoms with van der Waals surface area (Å²) < 4.78 is 10.6. The van der Waals surface area contributed by atoms with E-state index in [2.05, 4.69) is 0 Å². The lowest BCUT2D eigenvalue weighted by Crippen LogP contribution is -2.13. The van der Waals surface area contributed by atoms with E-state index in [1.165, 1.54) is 0 Å². The highest BCUT2D eigenvalue weighted by Crippen LogP contribution is 2.30. The maximum absolute atomic E-state index is 6.36. The Kier molecular flexibility index (Phi) is 4.53. The summed E-state index contributed by atoms with van der Waals surface area (Å²) in [6, 6.07) is 11.1. The molecule has 106 valence electrons. The summed E-state index contributed by atoms with van der Waals surface area (Å²) in [4.78, 5) is 0. The van der Waals surface area contributed by atoms with Crippen molar-refractivity contribution < 1.29 is 9.47 Å². The zero-order valence-electron chi connectivity index (χ0n) is 11.8. The molecule has 0 aromatic heterocycles. The summed E-state index contributed by atoms with van der Waals surface area (Å²) in [7, 11) is 3.25. The van der Waals surface area contributed by atoms with E-state index in [9.17, 15) is 0 Å². The van der Waals surface area contributed by atoms with Gasteiger partial charge in [-0.2, -0.15) is 0 Å². The molecule has 0 amide bonds. The molecular formula is C16H18ClNO2. The Hall–Kier alpha value is -1.71. The Morgan fingerprint density at radius 1 is 1.00 bits per heavy atom. The van der Waals surface area contributed by atoms with Gasteiger partial charge in [0.05, 0.1) is 20.3 Å². The first-order chi connectivity index (χ1) is 9.55. The van der Waals surface area contributed by atoms with Crippen molar-refractivity contribution in [1.29, 1.82) is 0 Å². The number of hydrogen-bond donors (Lipinski definition) is 1. The van der Waals surface area contributed by atoms with Crippen LogP contribution in [0.3, 0.4) is 0 Å². The van der Waals surface area contributed by atoms with Crippen LogP contribution >= 0.6 is 11.6 Å². The molecule has 20 heavy (non-hydrogen) atoms. The number of halogens is 1. The number of rotatable bonds is 4. The lowest BCUT2D eigenvalue weighted by Gasteiger charge is -2.17.